The monoisotopic (exact) mass is 339 g/mol. The van der Waals surface area contributed by atoms with Gasteiger partial charge in [0.2, 0.25) is 0 Å². The van der Waals surface area contributed by atoms with Crippen LogP contribution in [0.2, 0.25) is 0 Å². The molecule has 2 fully saturated rings. The molecule has 130 valence electrons. The molecule has 4 nitrogen and oxygen atoms in total. The summed E-state index contributed by atoms with van der Waals surface area (Å²) in [7, 11) is 0. The van der Waals surface area contributed by atoms with Gasteiger partial charge in [-0.15, -0.1) is 0 Å². The van der Waals surface area contributed by atoms with Crippen LogP contribution in [0.5, 0.6) is 0 Å². The maximum absolute atomic E-state index is 14.4. The number of nitrogens with one attached hydrogen (secondary N) is 1. The van der Waals surface area contributed by atoms with Crippen LogP contribution in [0.15, 0.2) is 36.5 Å². The lowest BCUT2D eigenvalue weighted by Gasteiger charge is -2.54. The van der Waals surface area contributed by atoms with Crippen LogP contribution in [0.3, 0.4) is 0 Å². The SMILES string of the molecule is Cc1cc(F)c(NC(=O)N2C3CC(C)C[C@H]2C3)cc1-c1ccccn1. The van der Waals surface area contributed by atoms with Crippen LogP contribution >= 0.6 is 0 Å². The van der Waals surface area contributed by atoms with Crippen LogP contribution in [0.1, 0.15) is 31.7 Å². The van der Waals surface area contributed by atoms with Crippen LogP contribution in [0.4, 0.5) is 14.9 Å². The number of pyridine rings is 1. The second-order valence-corrected chi connectivity index (χ2v) is 7.32. The van der Waals surface area contributed by atoms with Gasteiger partial charge in [0.05, 0.1) is 11.4 Å². The lowest BCUT2D eigenvalue weighted by atomic mass is 9.74. The normalized spacial score (nSPS) is 24.6. The topological polar surface area (TPSA) is 45.2 Å². The number of fused-ring (bicyclic) bond motifs is 2. The van der Waals surface area contributed by atoms with Crippen molar-refractivity contribution in [1.82, 2.24) is 9.88 Å². The third-order valence-electron chi connectivity index (χ3n) is 5.41. The van der Waals surface area contributed by atoms with E-state index in [4.69, 9.17) is 0 Å². The molecule has 0 radical (unpaired) electrons. The largest absolute Gasteiger partial charge is 0.322 e. The highest BCUT2D eigenvalue weighted by molar-refractivity contribution is 5.91. The smallest absolute Gasteiger partial charge is 0.318 e. The van der Waals surface area contributed by atoms with Crippen molar-refractivity contribution in [2.45, 2.75) is 45.2 Å². The minimum atomic E-state index is -0.412. The maximum atomic E-state index is 14.4. The number of carbonyl (C=O) groups is 1. The summed E-state index contributed by atoms with van der Waals surface area (Å²) in [6.07, 6.45) is 4.87. The van der Waals surface area contributed by atoms with Gasteiger partial charge in [-0.3, -0.25) is 4.98 Å². The molecule has 2 aliphatic heterocycles. The second kappa shape index (κ2) is 6.14. The van der Waals surface area contributed by atoms with E-state index in [-0.39, 0.29) is 11.7 Å². The zero-order valence-corrected chi connectivity index (χ0v) is 14.5. The number of hydrogen-bond acceptors (Lipinski definition) is 2. The quantitative estimate of drug-likeness (QED) is 0.869. The van der Waals surface area contributed by atoms with Crippen molar-refractivity contribution in [2.75, 3.05) is 5.32 Å². The Balaban J connectivity index is 1.58. The van der Waals surface area contributed by atoms with Crippen LogP contribution in [-0.2, 0) is 0 Å². The van der Waals surface area contributed by atoms with Crippen LogP contribution in [0, 0.1) is 18.7 Å². The summed E-state index contributed by atoms with van der Waals surface area (Å²) in [6.45, 7) is 4.08. The predicted molar refractivity (Wildman–Crippen MR) is 95.8 cm³/mol. The van der Waals surface area contributed by atoms with E-state index in [1.165, 1.54) is 6.07 Å². The summed E-state index contributed by atoms with van der Waals surface area (Å²) < 4.78 is 14.4. The van der Waals surface area contributed by atoms with Crippen molar-refractivity contribution in [3.63, 3.8) is 0 Å². The Labute approximate surface area is 147 Å². The number of rotatable bonds is 2. The molecule has 2 bridgehead atoms. The third-order valence-corrected chi connectivity index (χ3v) is 5.41. The molecule has 0 spiro atoms. The number of piperidine rings is 1. The Morgan fingerprint density at radius 3 is 2.68 bits per heavy atom. The van der Waals surface area contributed by atoms with Gasteiger partial charge in [0.1, 0.15) is 5.82 Å². The molecule has 1 aromatic carbocycles. The first-order valence-corrected chi connectivity index (χ1v) is 8.84. The molecule has 3 heterocycles. The van der Waals surface area contributed by atoms with Gasteiger partial charge in [-0.05, 0) is 61.9 Å². The number of hydrogen-bond donors (Lipinski definition) is 1. The van der Waals surface area contributed by atoms with E-state index in [1.807, 2.05) is 30.0 Å². The minimum absolute atomic E-state index is 0.192. The summed E-state index contributed by atoms with van der Waals surface area (Å²) in [5.74, 6) is 0.254. The molecule has 2 aliphatic rings. The van der Waals surface area contributed by atoms with Crippen molar-refractivity contribution in [3.05, 3.63) is 47.9 Å². The number of benzene rings is 1. The number of amides is 2. The highest BCUT2D eigenvalue weighted by Crippen LogP contribution is 2.41. The molecular weight excluding hydrogens is 317 g/mol. The number of anilines is 1. The molecule has 2 amide bonds. The lowest BCUT2D eigenvalue weighted by Crippen LogP contribution is -2.63. The van der Waals surface area contributed by atoms with E-state index in [0.717, 1.165) is 36.1 Å². The zero-order chi connectivity index (χ0) is 17.6. The van der Waals surface area contributed by atoms with Gasteiger partial charge < -0.3 is 10.2 Å². The molecule has 0 aliphatic carbocycles. The average Bonchev–Trinajstić information content (AvgIpc) is 2.57. The van der Waals surface area contributed by atoms with Crippen molar-refractivity contribution >= 4 is 11.7 Å². The number of carbonyl (C=O) groups excluding carboxylic acids is 1. The van der Waals surface area contributed by atoms with Gasteiger partial charge in [-0.2, -0.15) is 0 Å². The Kier molecular flexibility index (Phi) is 3.94. The van der Waals surface area contributed by atoms with Gasteiger partial charge in [0.25, 0.3) is 0 Å². The molecule has 2 unspecified atom stereocenters. The average molecular weight is 339 g/mol. The van der Waals surface area contributed by atoms with Crippen molar-refractivity contribution in [1.29, 1.82) is 0 Å². The van der Waals surface area contributed by atoms with Crippen LogP contribution in [0.25, 0.3) is 11.3 Å². The van der Waals surface area contributed by atoms with Gasteiger partial charge in [0.15, 0.2) is 0 Å². The summed E-state index contributed by atoms with van der Waals surface area (Å²) in [5.41, 5.74) is 2.61. The molecule has 2 saturated heterocycles. The number of aryl methyl sites for hydroxylation is 1. The summed E-state index contributed by atoms with van der Waals surface area (Å²) >= 11 is 0. The second-order valence-electron chi connectivity index (χ2n) is 7.32. The minimum Gasteiger partial charge on any atom is -0.318 e. The fourth-order valence-corrected chi connectivity index (χ4v) is 4.22. The van der Waals surface area contributed by atoms with Crippen molar-refractivity contribution < 1.29 is 9.18 Å². The number of nitrogens with zero attached hydrogens (tertiary/aromatic N) is 2. The van der Waals surface area contributed by atoms with Crippen LogP contribution < -0.4 is 5.32 Å². The fraction of sp³-hybridized carbons (Fsp3) is 0.400. The maximum Gasteiger partial charge on any atom is 0.322 e. The highest BCUT2D eigenvalue weighted by Gasteiger charge is 2.46. The standard InChI is InChI=1S/C20H22FN3O/c1-12-7-14-10-15(8-12)24(14)20(25)23-19-11-16(13(2)9-17(19)21)18-5-3-4-6-22-18/h3-6,9,11-12,14-15H,7-8,10H2,1-2H3,(H,23,25)/t12?,14-,15?/m0/s1. The summed E-state index contributed by atoms with van der Waals surface area (Å²) in [5, 5.41) is 2.78. The van der Waals surface area contributed by atoms with E-state index in [0.29, 0.717) is 18.0 Å². The Morgan fingerprint density at radius 1 is 1.24 bits per heavy atom. The van der Waals surface area contributed by atoms with E-state index in [1.54, 1.807) is 12.3 Å². The molecule has 4 rings (SSSR count). The van der Waals surface area contributed by atoms with Gasteiger partial charge in [-0.25, -0.2) is 9.18 Å². The number of urea groups is 1. The van der Waals surface area contributed by atoms with E-state index in [9.17, 15) is 9.18 Å². The molecule has 0 saturated carbocycles. The Morgan fingerprint density at radius 2 is 2.00 bits per heavy atom. The fourth-order valence-electron chi connectivity index (χ4n) is 4.22. The van der Waals surface area contributed by atoms with Crippen LogP contribution in [-0.4, -0.2) is 28.0 Å². The first kappa shape index (κ1) is 16.1. The summed E-state index contributed by atoms with van der Waals surface area (Å²) in [4.78, 5) is 18.9. The van der Waals surface area contributed by atoms with E-state index < -0.39 is 5.82 Å². The first-order chi connectivity index (χ1) is 12.0. The Hall–Kier alpha value is -2.43. The van der Waals surface area contributed by atoms with Gasteiger partial charge in [-0.1, -0.05) is 13.0 Å². The predicted octanol–water partition coefficient (Wildman–Crippen LogP) is 4.60. The van der Waals surface area contributed by atoms with E-state index in [2.05, 4.69) is 17.2 Å². The molecular formula is C20H22FN3O. The van der Waals surface area contributed by atoms with E-state index >= 15 is 0 Å². The van der Waals surface area contributed by atoms with Crippen molar-refractivity contribution in [2.24, 2.45) is 5.92 Å². The van der Waals surface area contributed by atoms with Gasteiger partial charge in [0, 0.05) is 23.8 Å². The first-order valence-electron chi connectivity index (χ1n) is 8.84. The molecule has 1 aromatic heterocycles. The molecule has 25 heavy (non-hydrogen) atoms. The molecule has 3 atom stereocenters. The lowest BCUT2D eigenvalue weighted by molar-refractivity contribution is -0.00603. The highest BCUT2D eigenvalue weighted by atomic mass is 19.1. The van der Waals surface area contributed by atoms with Gasteiger partial charge >= 0.3 is 6.03 Å². The zero-order valence-electron chi connectivity index (χ0n) is 14.5. The summed E-state index contributed by atoms with van der Waals surface area (Å²) in [6, 6.07) is 9.17. The molecule has 1 N–H and O–H groups in total. The molecule has 2 aromatic rings. The van der Waals surface area contributed by atoms with Crippen molar-refractivity contribution in [3.8, 4) is 11.3 Å². The number of aromatic nitrogens is 1. The third kappa shape index (κ3) is 2.88. The number of halogens is 1. The Bertz CT molecular complexity index is 796. The molecule has 5 heteroatoms.